The molecule has 1 aliphatic heterocycles. The molecule has 0 saturated carbocycles. The molecule has 0 N–H and O–H groups in total. The summed E-state index contributed by atoms with van der Waals surface area (Å²) in [7, 11) is 3.05. The molecule has 0 atom stereocenters. The third-order valence-corrected chi connectivity index (χ3v) is 3.38. The van der Waals surface area contributed by atoms with E-state index in [1.807, 2.05) is 4.90 Å². The van der Waals surface area contributed by atoms with Crippen molar-refractivity contribution in [1.29, 1.82) is 0 Å². The zero-order chi connectivity index (χ0) is 12.4. The van der Waals surface area contributed by atoms with Crippen LogP contribution in [0.4, 0.5) is 5.82 Å². The van der Waals surface area contributed by atoms with Gasteiger partial charge in [-0.3, -0.25) is 0 Å². The zero-order valence-corrected chi connectivity index (χ0v) is 11.2. The second-order valence-corrected chi connectivity index (χ2v) is 4.63. The maximum absolute atomic E-state index is 11.5. The minimum atomic E-state index is -0.371. The van der Waals surface area contributed by atoms with Gasteiger partial charge in [-0.15, -0.1) is 0 Å². The number of hydrogen-bond donors (Lipinski definition) is 0. The van der Waals surface area contributed by atoms with E-state index in [2.05, 4.69) is 20.9 Å². The van der Waals surface area contributed by atoms with Crippen molar-refractivity contribution in [3.8, 4) is 0 Å². The average molecular weight is 301 g/mol. The van der Waals surface area contributed by atoms with Crippen LogP contribution < -0.4 is 4.90 Å². The van der Waals surface area contributed by atoms with Crippen molar-refractivity contribution in [2.75, 3.05) is 32.2 Å². The summed E-state index contributed by atoms with van der Waals surface area (Å²) in [6.45, 7) is 1.59. The smallest absolute Gasteiger partial charge is 0.339 e. The summed E-state index contributed by atoms with van der Waals surface area (Å²) in [6, 6.07) is 1.72. The van der Waals surface area contributed by atoms with E-state index in [0.717, 1.165) is 18.9 Å². The summed E-state index contributed by atoms with van der Waals surface area (Å²) >= 11 is 3.28. The number of halogens is 1. The Bertz CT molecular complexity index is 433. The molecule has 1 fully saturated rings. The van der Waals surface area contributed by atoms with Crippen LogP contribution in [0.3, 0.4) is 0 Å². The third kappa shape index (κ3) is 2.42. The molecule has 1 aromatic heterocycles. The number of ether oxygens (including phenoxy) is 2. The number of methoxy groups -OCH3 is 2. The molecule has 2 heterocycles. The maximum atomic E-state index is 11.5. The molecule has 0 aromatic carbocycles. The van der Waals surface area contributed by atoms with E-state index < -0.39 is 0 Å². The van der Waals surface area contributed by atoms with Gasteiger partial charge in [-0.2, -0.15) is 0 Å². The highest BCUT2D eigenvalue weighted by atomic mass is 79.9. The Labute approximate surface area is 108 Å². The molecule has 5 nitrogen and oxygen atoms in total. The Hall–Kier alpha value is -1.14. The number of pyridine rings is 1. The van der Waals surface area contributed by atoms with E-state index in [1.54, 1.807) is 19.4 Å². The van der Waals surface area contributed by atoms with Crippen LogP contribution in [0.15, 0.2) is 16.7 Å². The first-order valence-electron chi connectivity index (χ1n) is 5.17. The number of hydrogen-bond acceptors (Lipinski definition) is 5. The monoisotopic (exact) mass is 300 g/mol. The van der Waals surface area contributed by atoms with E-state index in [1.165, 1.54) is 7.11 Å². The van der Waals surface area contributed by atoms with Gasteiger partial charge in [0.1, 0.15) is 5.82 Å². The van der Waals surface area contributed by atoms with Crippen LogP contribution in [-0.4, -0.2) is 44.4 Å². The largest absolute Gasteiger partial charge is 0.465 e. The fourth-order valence-corrected chi connectivity index (χ4v) is 2.02. The first kappa shape index (κ1) is 12.3. The van der Waals surface area contributed by atoms with Gasteiger partial charge in [0.2, 0.25) is 0 Å². The Morgan fingerprint density at radius 2 is 2.24 bits per heavy atom. The van der Waals surface area contributed by atoms with Gasteiger partial charge in [-0.25, -0.2) is 9.78 Å². The Morgan fingerprint density at radius 3 is 2.82 bits per heavy atom. The molecule has 1 aromatic rings. The standard InChI is InChI=1S/C11H13BrN2O3/c1-16-7-5-14(6-7)10-3-8(11(15)17-2)9(12)4-13-10/h3-4,7H,5-6H2,1-2H3. The van der Waals surface area contributed by atoms with Crippen molar-refractivity contribution >= 4 is 27.7 Å². The Balaban J connectivity index is 2.17. The lowest BCUT2D eigenvalue weighted by atomic mass is 10.1. The second kappa shape index (κ2) is 5.01. The molecule has 0 aliphatic carbocycles. The number of aromatic nitrogens is 1. The lowest BCUT2D eigenvalue weighted by molar-refractivity contribution is 0.0599. The van der Waals surface area contributed by atoms with Crippen LogP contribution in [0.25, 0.3) is 0 Å². The minimum absolute atomic E-state index is 0.252. The summed E-state index contributed by atoms with van der Waals surface area (Å²) in [6.07, 6.45) is 1.86. The van der Waals surface area contributed by atoms with Crippen molar-refractivity contribution in [2.24, 2.45) is 0 Å². The fourth-order valence-electron chi connectivity index (χ4n) is 1.64. The molecule has 1 saturated heterocycles. The Morgan fingerprint density at radius 1 is 1.53 bits per heavy atom. The van der Waals surface area contributed by atoms with Crippen LogP contribution in [0.5, 0.6) is 0 Å². The SMILES string of the molecule is COC(=O)c1cc(N2CC(OC)C2)ncc1Br. The number of esters is 1. The highest BCUT2D eigenvalue weighted by molar-refractivity contribution is 9.10. The van der Waals surface area contributed by atoms with E-state index in [0.29, 0.717) is 10.0 Å². The number of carbonyl (C=O) groups excluding carboxylic acids is 1. The van der Waals surface area contributed by atoms with E-state index in [4.69, 9.17) is 9.47 Å². The van der Waals surface area contributed by atoms with Crippen molar-refractivity contribution in [3.05, 3.63) is 22.3 Å². The molecular weight excluding hydrogens is 288 g/mol. The lowest BCUT2D eigenvalue weighted by Crippen LogP contribution is -2.52. The van der Waals surface area contributed by atoms with Crippen molar-refractivity contribution in [3.63, 3.8) is 0 Å². The number of carbonyl (C=O) groups is 1. The summed E-state index contributed by atoms with van der Waals surface area (Å²) in [5.74, 6) is 0.395. The molecule has 0 radical (unpaired) electrons. The van der Waals surface area contributed by atoms with Crippen molar-refractivity contribution in [2.45, 2.75) is 6.10 Å². The summed E-state index contributed by atoms with van der Waals surface area (Å²) < 4.78 is 10.5. The molecule has 0 bridgehead atoms. The minimum Gasteiger partial charge on any atom is -0.465 e. The van der Waals surface area contributed by atoms with Gasteiger partial charge >= 0.3 is 5.97 Å². The summed E-state index contributed by atoms with van der Waals surface area (Å²) in [5.41, 5.74) is 0.485. The first-order chi connectivity index (χ1) is 8.15. The van der Waals surface area contributed by atoms with Gasteiger partial charge in [0.25, 0.3) is 0 Å². The molecule has 6 heteroatoms. The highest BCUT2D eigenvalue weighted by Crippen LogP contribution is 2.25. The van der Waals surface area contributed by atoms with Gasteiger partial charge in [0.15, 0.2) is 0 Å². The molecule has 1 aliphatic rings. The van der Waals surface area contributed by atoms with Crippen LogP contribution >= 0.6 is 15.9 Å². The predicted molar refractivity (Wildman–Crippen MR) is 66.3 cm³/mol. The van der Waals surface area contributed by atoms with E-state index in [-0.39, 0.29) is 12.1 Å². The third-order valence-electron chi connectivity index (χ3n) is 2.75. The lowest BCUT2D eigenvalue weighted by Gasteiger charge is -2.39. The summed E-state index contributed by atoms with van der Waals surface area (Å²) in [5, 5.41) is 0. The van der Waals surface area contributed by atoms with Crippen LogP contribution in [0.1, 0.15) is 10.4 Å². The average Bonchev–Trinajstić information content (AvgIpc) is 2.29. The normalized spacial score (nSPS) is 15.6. The van der Waals surface area contributed by atoms with Crippen LogP contribution in [-0.2, 0) is 9.47 Å². The van der Waals surface area contributed by atoms with Crippen molar-refractivity contribution < 1.29 is 14.3 Å². The van der Waals surface area contributed by atoms with Crippen molar-refractivity contribution in [1.82, 2.24) is 4.98 Å². The number of rotatable bonds is 3. The molecule has 0 unspecified atom stereocenters. The molecule has 0 spiro atoms. The molecular formula is C11H13BrN2O3. The zero-order valence-electron chi connectivity index (χ0n) is 9.64. The first-order valence-corrected chi connectivity index (χ1v) is 5.96. The van der Waals surface area contributed by atoms with Gasteiger partial charge in [-0.05, 0) is 22.0 Å². The van der Waals surface area contributed by atoms with E-state index >= 15 is 0 Å². The highest BCUT2D eigenvalue weighted by Gasteiger charge is 2.28. The van der Waals surface area contributed by atoms with Gasteiger partial charge in [-0.1, -0.05) is 0 Å². The molecule has 2 rings (SSSR count). The summed E-state index contributed by atoms with van der Waals surface area (Å²) in [4.78, 5) is 17.8. The van der Waals surface area contributed by atoms with Crippen LogP contribution in [0.2, 0.25) is 0 Å². The van der Waals surface area contributed by atoms with Crippen LogP contribution in [0, 0.1) is 0 Å². The topological polar surface area (TPSA) is 51.7 Å². The molecule has 0 amide bonds. The molecule has 92 valence electrons. The quantitative estimate of drug-likeness (QED) is 0.791. The maximum Gasteiger partial charge on any atom is 0.339 e. The number of nitrogens with zero attached hydrogens (tertiary/aromatic N) is 2. The molecule has 17 heavy (non-hydrogen) atoms. The van der Waals surface area contributed by atoms with Gasteiger partial charge < -0.3 is 14.4 Å². The fraction of sp³-hybridized carbons (Fsp3) is 0.455. The Kier molecular flexibility index (Phi) is 3.63. The van der Waals surface area contributed by atoms with E-state index in [9.17, 15) is 4.79 Å². The second-order valence-electron chi connectivity index (χ2n) is 3.78. The number of anilines is 1. The van der Waals surface area contributed by atoms with Gasteiger partial charge in [0, 0.05) is 26.4 Å². The predicted octanol–water partition coefficient (Wildman–Crippen LogP) is 1.47. The van der Waals surface area contributed by atoms with Gasteiger partial charge in [0.05, 0.1) is 23.2 Å².